The Morgan fingerprint density at radius 1 is 1.20 bits per heavy atom. The number of pyridine rings is 1. The predicted octanol–water partition coefficient (Wildman–Crippen LogP) is 3.49. The number of benzene rings is 1. The van der Waals surface area contributed by atoms with Crippen molar-refractivity contribution < 1.29 is 9.18 Å². The molecule has 0 bridgehead atoms. The molecule has 2 aromatic rings. The summed E-state index contributed by atoms with van der Waals surface area (Å²) in [6.45, 7) is 6.28. The summed E-state index contributed by atoms with van der Waals surface area (Å²) in [5, 5.41) is 3.10. The van der Waals surface area contributed by atoms with Crippen molar-refractivity contribution >= 4 is 16.8 Å². The molecule has 20 heavy (non-hydrogen) atoms. The van der Waals surface area contributed by atoms with Crippen LogP contribution in [0.2, 0.25) is 0 Å². The van der Waals surface area contributed by atoms with E-state index in [1.165, 1.54) is 12.1 Å². The Hall–Kier alpha value is -1.97. The minimum absolute atomic E-state index is 0.235. The lowest BCUT2D eigenvalue weighted by Gasteiger charge is -2.16. The molecule has 0 fully saturated rings. The third-order valence-electron chi connectivity index (χ3n) is 3.77. The van der Waals surface area contributed by atoms with Gasteiger partial charge in [-0.15, -0.1) is 0 Å². The summed E-state index contributed by atoms with van der Waals surface area (Å²) in [5.41, 5.74) is 1.55. The highest BCUT2D eigenvalue weighted by atomic mass is 19.1. The Labute approximate surface area is 118 Å². The van der Waals surface area contributed by atoms with Crippen LogP contribution in [-0.2, 0) is 0 Å². The molecule has 0 radical (unpaired) electrons. The van der Waals surface area contributed by atoms with E-state index in [0.29, 0.717) is 16.9 Å². The molecule has 1 aromatic carbocycles. The lowest BCUT2D eigenvalue weighted by molar-refractivity contribution is 0.0964. The Kier molecular flexibility index (Phi) is 4.02. The minimum Gasteiger partial charge on any atom is -0.355 e. The first-order valence-electron chi connectivity index (χ1n) is 6.77. The van der Waals surface area contributed by atoms with Gasteiger partial charge < -0.3 is 5.32 Å². The van der Waals surface area contributed by atoms with Crippen molar-refractivity contribution in [1.82, 2.24) is 10.3 Å². The number of hydrogen-bond donors (Lipinski definition) is 1. The SMILES string of the molecule is CNC(=O)c1ccc(F)c2nc(C(C)C(C)C)ccc12. The van der Waals surface area contributed by atoms with E-state index < -0.39 is 5.82 Å². The zero-order chi connectivity index (χ0) is 14.9. The van der Waals surface area contributed by atoms with E-state index in [1.807, 2.05) is 6.07 Å². The normalized spacial score (nSPS) is 12.7. The summed E-state index contributed by atoms with van der Waals surface area (Å²) in [6.07, 6.45) is 0. The lowest BCUT2D eigenvalue weighted by atomic mass is 9.93. The van der Waals surface area contributed by atoms with Gasteiger partial charge in [-0.05, 0) is 24.1 Å². The lowest BCUT2D eigenvalue weighted by Crippen LogP contribution is -2.18. The average Bonchev–Trinajstić information content (AvgIpc) is 2.45. The molecular weight excluding hydrogens is 255 g/mol. The van der Waals surface area contributed by atoms with Gasteiger partial charge in [0.1, 0.15) is 11.3 Å². The smallest absolute Gasteiger partial charge is 0.251 e. The molecule has 3 nitrogen and oxygen atoms in total. The van der Waals surface area contributed by atoms with Crippen LogP contribution in [0, 0.1) is 11.7 Å². The molecule has 0 saturated carbocycles. The van der Waals surface area contributed by atoms with Crippen molar-refractivity contribution in [3.8, 4) is 0 Å². The Morgan fingerprint density at radius 2 is 1.90 bits per heavy atom. The number of nitrogens with zero attached hydrogens (tertiary/aromatic N) is 1. The van der Waals surface area contributed by atoms with Gasteiger partial charge in [0.15, 0.2) is 0 Å². The van der Waals surface area contributed by atoms with E-state index in [1.54, 1.807) is 13.1 Å². The molecule has 2 rings (SSSR count). The van der Waals surface area contributed by atoms with Gasteiger partial charge in [-0.1, -0.05) is 26.8 Å². The fourth-order valence-corrected chi connectivity index (χ4v) is 2.13. The maximum Gasteiger partial charge on any atom is 0.251 e. The number of halogens is 1. The fourth-order valence-electron chi connectivity index (χ4n) is 2.13. The molecule has 106 valence electrons. The van der Waals surface area contributed by atoms with Gasteiger partial charge in [0, 0.05) is 29.6 Å². The third-order valence-corrected chi connectivity index (χ3v) is 3.77. The number of rotatable bonds is 3. The van der Waals surface area contributed by atoms with Gasteiger partial charge in [-0.2, -0.15) is 0 Å². The molecule has 0 aliphatic heterocycles. The summed E-state index contributed by atoms with van der Waals surface area (Å²) in [6, 6.07) is 6.44. The monoisotopic (exact) mass is 274 g/mol. The molecule has 0 aliphatic carbocycles. The zero-order valence-corrected chi connectivity index (χ0v) is 12.2. The summed E-state index contributed by atoms with van der Waals surface area (Å²) in [7, 11) is 1.56. The molecule has 1 amide bonds. The van der Waals surface area contributed by atoms with Crippen LogP contribution >= 0.6 is 0 Å². The molecule has 1 unspecified atom stereocenters. The summed E-state index contributed by atoms with van der Waals surface area (Å²) < 4.78 is 14.0. The molecule has 0 aliphatic rings. The van der Waals surface area contributed by atoms with Crippen molar-refractivity contribution in [2.75, 3.05) is 7.05 Å². The minimum atomic E-state index is -0.398. The standard InChI is InChI=1S/C16H19FN2O/c1-9(2)10(3)14-8-6-11-12(16(20)18-4)5-7-13(17)15(11)19-14/h5-10H,1-4H3,(H,18,20). The van der Waals surface area contributed by atoms with Crippen molar-refractivity contribution in [3.05, 3.63) is 41.3 Å². The molecule has 1 aromatic heterocycles. The first kappa shape index (κ1) is 14.4. The van der Waals surface area contributed by atoms with Gasteiger partial charge >= 0.3 is 0 Å². The number of amides is 1. The molecule has 0 spiro atoms. The van der Waals surface area contributed by atoms with Gasteiger partial charge in [0.05, 0.1) is 0 Å². The molecular formula is C16H19FN2O. The largest absolute Gasteiger partial charge is 0.355 e. The van der Waals surface area contributed by atoms with E-state index in [9.17, 15) is 9.18 Å². The van der Waals surface area contributed by atoms with E-state index in [2.05, 4.69) is 31.1 Å². The topological polar surface area (TPSA) is 42.0 Å². The van der Waals surface area contributed by atoms with Gasteiger partial charge in [0.2, 0.25) is 0 Å². The van der Waals surface area contributed by atoms with Crippen LogP contribution in [0.3, 0.4) is 0 Å². The van der Waals surface area contributed by atoms with Crippen LogP contribution in [0.4, 0.5) is 4.39 Å². The summed E-state index contributed by atoms with van der Waals surface area (Å²) in [4.78, 5) is 16.2. The highest BCUT2D eigenvalue weighted by molar-refractivity contribution is 6.06. The van der Waals surface area contributed by atoms with Crippen molar-refractivity contribution in [2.24, 2.45) is 5.92 Å². The van der Waals surface area contributed by atoms with Crippen molar-refractivity contribution in [2.45, 2.75) is 26.7 Å². The fraction of sp³-hybridized carbons (Fsp3) is 0.375. The van der Waals surface area contributed by atoms with Gasteiger partial charge in [-0.25, -0.2) is 9.37 Å². The highest BCUT2D eigenvalue weighted by Crippen LogP contribution is 2.26. The molecule has 1 heterocycles. The number of hydrogen-bond acceptors (Lipinski definition) is 2. The highest BCUT2D eigenvalue weighted by Gasteiger charge is 2.16. The summed E-state index contributed by atoms with van der Waals surface area (Å²) >= 11 is 0. The van der Waals surface area contributed by atoms with Gasteiger partial charge in [-0.3, -0.25) is 4.79 Å². The zero-order valence-electron chi connectivity index (χ0n) is 12.2. The van der Waals surface area contributed by atoms with Crippen LogP contribution in [-0.4, -0.2) is 17.9 Å². The first-order valence-corrected chi connectivity index (χ1v) is 6.77. The van der Waals surface area contributed by atoms with Crippen molar-refractivity contribution in [1.29, 1.82) is 0 Å². The quantitative estimate of drug-likeness (QED) is 0.930. The van der Waals surface area contributed by atoms with Gasteiger partial charge in [0.25, 0.3) is 5.91 Å². The van der Waals surface area contributed by atoms with Crippen LogP contribution in [0.15, 0.2) is 24.3 Å². The van der Waals surface area contributed by atoms with Crippen LogP contribution < -0.4 is 5.32 Å². The third kappa shape index (κ3) is 2.50. The second-order valence-electron chi connectivity index (χ2n) is 5.34. The van der Waals surface area contributed by atoms with E-state index in [-0.39, 0.29) is 17.3 Å². The predicted molar refractivity (Wildman–Crippen MR) is 78.3 cm³/mol. The molecule has 4 heteroatoms. The number of carbonyl (C=O) groups is 1. The van der Waals surface area contributed by atoms with E-state index in [4.69, 9.17) is 0 Å². The number of fused-ring (bicyclic) bond motifs is 1. The Balaban J connectivity index is 2.64. The Morgan fingerprint density at radius 3 is 2.50 bits per heavy atom. The molecule has 1 atom stereocenters. The second kappa shape index (κ2) is 5.57. The number of nitrogens with one attached hydrogen (secondary N) is 1. The van der Waals surface area contributed by atoms with Crippen LogP contribution in [0.5, 0.6) is 0 Å². The van der Waals surface area contributed by atoms with E-state index >= 15 is 0 Å². The van der Waals surface area contributed by atoms with E-state index in [0.717, 1.165) is 5.69 Å². The Bertz CT molecular complexity index is 652. The maximum absolute atomic E-state index is 14.0. The van der Waals surface area contributed by atoms with Crippen LogP contribution in [0.1, 0.15) is 42.7 Å². The van der Waals surface area contributed by atoms with Crippen LogP contribution in [0.25, 0.3) is 10.9 Å². The average molecular weight is 274 g/mol. The first-order chi connectivity index (χ1) is 9.45. The molecule has 1 N–H and O–H groups in total. The maximum atomic E-state index is 14.0. The van der Waals surface area contributed by atoms with Crippen molar-refractivity contribution in [3.63, 3.8) is 0 Å². The second-order valence-corrected chi connectivity index (χ2v) is 5.34. The number of carbonyl (C=O) groups excluding carboxylic acids is 1. The number of aromatic nitrogens is 1. The molecule has 0 saturated heterocycles. The summed E-state index contributed by atoms with van der Waals surface area (Å²) in [5.74, 6) is 0.0273.